The number of carbonyl (C=O) groups is 1. The van der Waals surface area contributed by atoms with E-state index in [1.807, 2.05) is 5.92 Å². The van der Waals surface area contributed by atoms with E-state index in [1.54, 1.807) is 0 Å². The Hall–Kier alpha value is -1.76. The molecule has 0 aliphatic carbocycles. The Kier molecular flexibility index (Phi) is 2.49. The van der Waals surface area contributed by atoms with E-state index in [2.05, 4.69) is 10.9 Å². The number of aldehydes is 1. The molecule has 0 aromatic carbocycles. The molecule has 0 aliphatic rings. The van der Waals surface area contributed by atoms with Gasteiger partial charge >= 0.3 is 0 Å². The molecule has 0 N–H and O–H groups in total. The SMILES string of the molecule is O=CC#Cc1ccc(F)nc1F. The maximum Gasteiger partial charge on any atom is 0.231 e. The van der Waals surface area contributed by atoms with Crippen molar-refractivity contribution >= 4 is 6.29 Å². The first-order valence-corrected chi connectivity index (χ1v) is 3.01. The monoisotopic (exact) mass is 167 g/mol. The Bertz CT molecular complexity index is 365. The van der Waals surface area contributed by atoms with E-state index in [9.17, 15) is 13.6 Å². The van der Waals surface area contributed by atoms with Crippen LogP contribution in [0.25, 0.3) is 0 Å². The zero-order valence-corrected chi connectivity index (χ0v) is 5.84. The van der Waals surface area contributed by atoms with Crippen molar-refractivity contribution in [1.29, 1.82) is 0 Å². The van der Waals surface area contributed by atoms with Gasteiger partial charge in [0, 0.05) is 0 Å². The van der Waals surface area contributed by atoms with Crippen LogP contribution in [-0.4, -0.2) is 11.3 Å². The molecule has 60 valence electrons. The van der Waals surface area contributed by atoms with Crippen LogP contribution in [0, 0.1) is 23.7 Å². The number of nitrogens with zero attached hydrogens (tertiary/aromatic N) is 1. The van der Waals surface area contributed by atoms with Gasteiger partial charge < -0.3 is 0 Å². The summed E-state index contributed by atoms with van der Waals surface area (Å²) in [4.78, 5) is 12.6. The van der Waals surface area contributed by atoms with Gasteiger partial charge in [0.15, 0.2) is 6.29 Å². The first-order chi connectivity index (χ1) is 5.74. The summed E-state index contributed by atoms with van der Waals surface area (Å²) >= 11 is 0. The molecule has 2 nitrogen and oxygen atoms in total. The largest absolute Gasteiger partial charge is 0.289 e. The fourth-order valence-corrected chi connectivity index (χ4v) is 0.613. The Balaban J connectivity index is 3.09. The average molecular weight is 167 g/mol. The first-order valence-electron chi connectivity index (χ1n) is 3.01. The summed E-state index contributed by atoms with van der Waals surface area (Å²) in [6, 6.07) is 2.09. The molecule has 0 saturated carbocycles. The lowest BCUT2D eigenvalue weighted by atomic mass is 10.3. The lowest BCUT2D eigenvalue weighted by Crippen LogP contribution is -1.91. The third-order valence-electron chi connectivity index (χ3n) is 1.08. The van der Waals surface area contributed by atoms with Crippen molar-refractivity contribution in [2.24, 2.45) is 0 Å². The molecular weight excluding hydrogens is 164 g/mol. The van der Waals surface area contributed by atoms with Crippen molar-refractivity contribution < 1.29 is 13.6 Å². The quantitative estimate of drug-likeness (QED) is 0.326. The van der Waals surface area contributed by atoms with E-state index in [4.69, 9.17) is 0 Å². The van der Waals surface area contributed by atoms with Crippen molar-refractivity contribution in [1.82, 2.24) is 4.98 Å². The minimum atomic E-state index is -1.01. The second-order valence-electron chi connectivity index (χ2n) is 1.86. The Morgan fingerprint density at radius 1 is 1.42 bits per heavy atom. The lowest BCUT2D eigenvalue weighted by molar-refractivity contribution is -0.103. The van der Waals surface area contributed by atoms with Gasteiger partial charge in [-0.2, -0.15) is 13.8 Å². The molecule has 1 heterocycles. The molecule has 12 heavy (non-hydrogen) atoms. The highest BCUT2D eigenvalue weighted by atomic mass is 19.1. The normalized spacial score (nSPS) is 8.50. The van der Waals surface area contributed by atoms with E-state index in [0.29, 0.717) is 6.29 Å². The highest BCUT2D eigenvalue weighted by molar-refractivity contribution is 5.73. The Morgan fingerprint density at radius 2 is 2.17 bits per heavy atom. The predicted octanol–water partition coefficient (Wildman–Crippen LogP) is 0.910. The third-order valence-corrected chi connectivity index (χ3v) is 1.08. The fraction of sp³-hybridized carbons (Fsp3) is 0. The first kappa shape index (κ1) is 8.34. The second-order valence-corrected chi connectivity index (χ2v) is 1.86. The van der Waals surface area contributed by atoms with Crippen LogP contribution in [0.4, 0.5) is 8.78 Å². The van der Waals surface area contributed by atoms with Gasteiger partial charge in [0.1, 0.15) is 0 Å². The van der Waals surface area contributed by atoms with E-state index >= 15 is 0 Å². The summed E-state index contributed by atoms with van der Waals surface area (Å²) < 4.78 is 24.8. The van der Waals surface area contributed by atoms with E-state index in [-0.39, 0.29) is 5.56 Å². The Morgan fingerprint density at radius 3 is 2.75 bits per heavy atom. The summed E-state index contributed by atoms with van der Waals surface area (Å²) in [5.74, 6) is 2.24. The fourth-order valence-electron chi connectivity index (χ4n) is 0.613. The molecule has 0 fully saturated rings. The molecule has 0 saturated heterocycles. The number of carbonyl (C=O) groups excluding carboxylic acids is 1. The van der Waals surface area contributed by atoms with Gasteiger partial charge in [0.2, 0.25) is 11.9 Å². The predicted molar refractivity (Wildman–Crippen MR) is 37.1 cm³/mol. The molecule has 0 bridgehead atoms. The minimum Gasteiger partial charge on any atom is -0.289 e. The summed E-state index contributed by atoms with van der Waals surface area (Å²) in [5.41, 5.74) is -0.0940. The highest BCUT2D eigenvalue weighted by Gasteiger charge is 2.00. The summed E-state index contributed by atoms with van der Waals surface area (Å²) in [6.45, 7) is 0. The van der Waals surface area contributed by atoms with Crippen molar-refractivity contribution in [2.45, 2.75) is 0 Å². The maximum atomic E-state index is 12.6. The molecule has 0 spiro atoms. The molecule has 4 heteroatoms. The van der Waals surface area contributed by atoms with Crippen molar-refractivity contribution in [3.05, 3.63) is 29.6 Å². The average Bonchev–Trinajstić information content (AvgIpc) is 2.03. The van der Waals surface area contributed by atoms with Gasteiger partial charge in [0.05, 0.1) is 5.56 Å². The van der Waals surface area contributed by atoms with Crippen molar-refractivity contribution in [3.63, 3.8) is 0 Å². The smallest absolute Gasteiger partial charge is 0.231 e. The molecule has 0 radical (unpaired) electrons. The minimum absolute atomic E-state index is 0.0940. The number of hydrogen-bond donors (Lipinski definition) is 0. The van der Waals surface area contributed by atoms with Crippen LogP contribution in [0.2, 0.25) is 0 Å². The van der Waals surface area contributed by atoms with Crippen molar-refractivity contribution in [3.8, 4) is 11.8 Å². The van der Waals surface area contributed by atoms with E-state index in [0.717, 1.165) is 12.1 Å². The topological polar surface area (TPSA) is 30.0 Å². The lowest BCUT2D eigenvalue weighted by Gasteiger charge is -1.91. The number of rotatable bonds is 0. The molecule has 1 aromatic rings. The molecule has 1 aromatic heterocycles. The van der Waals surface area contributed by atoms with Gasteiger partial charge in [0.25, 0.3) is 0 Å². The van der Waals surface area contributed by atoms with Crippen LogP contribution in [0.1, 0.15) is 5.56 Å². The van der Waals surface area contributed by atoms with Crippen LogP contribution < -0.4 is 0 Å². The second kappa shape index (κ2) is 3.58. The van der Waals surface area contributed by atoms with Gasteiger partial charge in [-0.3, -0.25) is 4.79 Å². The maximum absolute atomic E-state index is 12.6. The summed E-state index contributed by atoms with van der Waals surface area (Å²) in [7, 11) is 0. The zero-order valence-electron chi connectivity index (χ0n) is 5.84. The number of pyridine rings is 1. The zero-order chi connectivity index (χ0) is 8.97. The molecule has 1 rings (SSSR count). The van der Waals surface area contributed by atoms with Gasteiger partial charge in [-0.1, -0.05) is 5.92 Å². The van der Waals surface area contributed by atoms with Crippen LogP contribution in [0.15, 0.2) is 12.1 Å². The van der Waals surface area contributed by atoms with Crippen LogP contribution >= 0.6 is 0 Å². The highest BCUT2D eigenvalue weighted by Crippen LogP contribution is 2.02. The van der Waals surface area contributed by atoms with Gasteiger partial charge in [-0.05, 0) is 18.1 Å². The standard InChI is InChI=1S/C8H3F2NO/c9-7-4-3-6(2-1-5-12)8(10)11-7/h3-5H. The molecule has 0 amide bonds. The molecular formula is C8H3F2NO. The number of halogens is 2. The number of aromatic nitrogens is 1. The van der Waals surface area contributed by atoms with Crippen LogP contribution in [0.3, 0.4) is 0 Å². The summed E-state index contributed by atoms with van der Waals surface area (Å²) in [5, 5.41) is 0. The summed E-state index contributed by atoms with van der Waals surface area (Å²) in [6.07, 6.45) is 0.322. The van der Waals surface area contributed by atoms with Gasteiger partial charge in [-0.15, -0.1) is 0 Å². The van der Waals surface area contributed by atoms with E-state index in [1.165, 1.54) is 0 Å². The van der Waals surface area contributed by atoms with E-state index < -0.39 is 11.9 Å². The third kappa shape index (κ3) is 1.86. The Labute approximate surface area is 67.2 Å². The molecule has 0 unspecified atom stereocenters. The van der Waals surface area contributed by atoms with Crippen LogP contribution in [0.5, 0.6) is 0 Å². The molecule has 0 atom stereocenters. The van der Waals surface area contributed by atoms with Crippen molar-refractivity contribution in [2.75, 3.05) is 0 Å². The van der Waals surface area contributed by atoms with Crippen LogP contribution in [-0.2, 0) is 4.79 Å². The number of hydrogen-bond acceptors (Lipinski definition) is 2. The molecule has 0 aliphatic heterocycles. The van der Waals surface area contributed by atoms with Gasteiger partial charge in [-0.25, -0.2) is 0 Å².